The van der Waals surface area contributed by atoms with Crippen LogP contribution in [0.5, 0.6) is 0 Å². The zero-order valence-electron chi connectivity index (χ0n) is 8.72. The van der Waals surface area contributed by atoms with Gasteiger partial charge in [-0.25, -0.2) is 0 Å². The second kappa shape index (κ2) is 4.54. The molecule has 0 unspecified atom stereocenters. The molecule has 0 aromatic heterocycles. The maximum atomic E-state index is 9.87. The Morgan fingerprint density at radius 3 is 0.227 bits per heavy atom. The molecule has 0 atom stereocenters. The largest absolute Gasteiger partial charge is 3.00 e. The van der Waals surface area contributed by atoms with Gasteiger partial charge in [0.15, 0.2) is 0 Å². The minimum absolute atomic E-state index is 0. The van der Waals surface area contributed by atoms with Crippen LogP contribution in [0.3, 0.4) is 0 Å². The first-order valence-corrected chi connectivity index (χ1v) is 9.13. The average molecular weight is 550 g/mol. The molecule has 0 nitrogen and oxygen atoms in total. The van der Waals surface area contributed by atoms with Crippen molar-refractivity contribution in [1.29, 1.82) is 0 Å². The van der Waals surface area contributed by atoms with Gasteiger partial charge in [-0.05, 0) is 0 Å². The molecule has 22 heteroatoms. The molecule has 0 aliphatic heterocycles. The third-order valence-electron chi connectivity index (χ3n) is 0. The summed E-state index contributed by atoms with van der Waals surface area (Å²) in [4.78, 5) is 0. The van der Waals surface area contributed by atoms with Crippen molar-refractivity contribution in [3.05, 3.63) is 0 Å². The molecule has 0 aromatic carbocycles. The summed E-state index contributed by atoms with van der Waals surface area (Å²) in [5.41, 5.74) is 0. The zero-order valence-corrected chi connectivity index (χ0v) is 14.7. The SMILES string of the molecule is F[P-](F)(F)(F)(F)F.F[P-](F)(F)(F)(F)F.F[P-](F)(F)(F)(F)F.[In+3]. The van der Waals surface area contributed by atoms with E-state index < -0.39 is 23.4 Å². The fourth-order valence-corrected chi connectivity index (χ4v) is 0. The molecule has 0 heterocycles. The first kappa shape index (κ1) is 30.7. The molecule has 0 aromatic rings. The Hall–Kier alpha value is 0.900. The second-order valence-corrected chi connectivity index (χ2v) is 8.62. The Balaban J connectivity index is -0.000000108. The van der Waals surface area contributed by atoms with Gasteiger partial charge < -0.3 is 0 Å². The Kier molecular flexibility index (Phi) is 6.35. The molecule has 0 radical (unpaired) electrons. The van der Waals surface area contributed by atoms with Crippen LogP contribution in [-0.2, 0) is 0 Å². The molecule has 0 aliphatic carbocycles. The molecular weight excluding hydrogens is 550 g/mol. The Bertz CT molecular complexity index is 265. The predicted molar refractivity (Wildman–Crippen MR) is 46.5 cm³/mol. The topological polar surface area (TPSA) is 0 Å². The van der Waals surface area contributed by atoms with Crippen LogP contribution in [0, 0.1) is 0 Å². The van der Waals surface area contributed by atoms with Gasteiger partial charge in [-0.3, -0.25) is 0 Å². The Morgan fingerprint density at radius 2 is 0.227 bits per heavy atom. The number of hydrogen-bond donors (Lipinski definition) is 0. The fourth-order valence-electron chi connectivity index (χ4n) is 0. The van der Waals surface area contributed by atoms with Gasteiger partial charge in [0.1, 0.15) is 0 Å². The molecular formula is F18InP3. The molecule has 0 N–H and O–H groups in total. The van der Waals surface area contributed by atoms with Crippen molar-refractivity contribution in [1.82, 2.24) is 0 Å². The van der Waals surface area contributed by atoms with E-state index in [1.54, 1.807) is 0 Å². The maximum absolute atomic E-state index is 10.7. The third-order valence-corrected chi connectivity index (χ3v) is 0. The minimum atomic E-state index is -10.7. The Labute approximate surface area is 125 Å². The normalized spacial score (nSPS) is 22.1. The predicted octanol–water partition coefficient (Wildman–Crippen LogP) is 9.77. The van der Waals surface area contributed by atoms with E-state index in [2.05, 4.69) is 0 Å². The molecule has 0 aliphatic rings. The van der Waals surface area contributed by atoms with Crippen molar-refractivity contribution in [3.63, 3.8) is 0 Å². The molecule has 0 saturated carbocycles. The molecule has 144 valence electrons. The van der Waals surface area contributed by atoms with E-state index in [4.69, 9.17) is 0 Å². The van der Waals surface area contributed by atoms with Gasteiger partial charge in [0.05, 0.1) is 0 Å². The van der Waals surface area contributed by atoms with Crippen molar-refractivity contribution < 1.29 is 75.5 Å². The molecule has 0 amide bonds. The van der Waals surface area contributed by atoms with Crippen LogP contribution in [0.15, 0.2) is 0 Å². The van der Waals surface area contributed by atoms with E-state index in [9.17, 15) is 75.5 Å². The fraction of sp³-hybridized carbons (Fsp3) is 0. The minimum Gasteiger partial charge on any atom is 3.00 e. The first-order valence-electron chi connectivity index (χ1n) is 3.04. The van der Waals surface area contributed by atoms with Crippen molar-refractivity contribution >= 4 is 49.3 Å². The number of hydrogen-bond acceptors (Lipinski definition) is 0. The smallest absolute Gasteiger partial charge is 3.00 e. The van der Waals surface area contributed by atoms with E-state index in [1.807, 2.05) is 0 Å². The van der Waals surface area contributed by atoms with Crippen molar-refractivity contribution in [2.24, 2.45) is 0 Å². The quantitative estimate of drug-likeness (QED) is 0.208. The van der Waals surface area contributed by atoms with Gasteiger partial charge >= 0.3 is 125 Å². The number of rotatable bonds is 0. The third kappa shape index (κ3) is 10200. The van der Waals surface area contributed by atoms with Gasteiger partial charge in [0, 0.05) is 0 Å². The van der Waals surface area contributed by atoms with E-state index >= 15 is 0 Å². The molecule has 22 heavy (non-hydrogen) atoms. The summed E-state index contributed by atoms with van der Waals surface area (Å²) in [6.07, 6.45) is 0. The van der Waals surface area contributed by atoms with Crippen molar-refractivity contribution in [2.75, 3.05) is 0 Å². The summed E-state index contributed by atoms with van der Waals surface area (Å²) < 4.78 is 178. The van der Waals surface area contributed by atoms with Gasteiger partial charge in [0.25, 0.3) is 0 Å². The van der Waals surface area contributed by atoms with Crippen LogP contribution in [-0.4, -0.2) is 25.8 Å². The van der Waals surface area contributed by atoms with Gasteiger partial charge in [0.2, 0.25) is 0 Å². The van der Waals surface area contributed by atoms with Crippen LogP contribution in [0.25, 0.3) is 0 Å². The van der Waals surface area contributed by atoms with Gasteiger partial charge in [-0.2, -0.15) is 0 Å². The van der Waals surface area contributed by atoms with Crippen LogP contribution in [0.2, 0.25) is 0 Å². The summed E-state index contributed by atoms with van der Waals surface area (Å²) in [5.74, 6) is 0. The van der Waals surface area contributed by atoms with E-state index in [-0.39, 0.29) is 25.8 Å². The van der Waals surface area contributed by atoms with Crippen LogP contribution < -0.4 is 0 Å². The van der Waals surface area contributed by atoms with E-state index in [0.717, 1.165) is 0 Å². The van der Waals surface area contributed by atoms with Crippen molar-refractivity contribution in [2.45, 2.75) is 0 Å². The molecule has 0 bridgehead atoms. The molecule has 0 fully saturated rings. The molecule has 0 saturated heterocycles. The number of halogens is 18. The van der Waals surface area contributed by atoms with Crippen LogP contribution >= 0.6 is 23.4 Å². The first-order chi connectivity index (χ1) is 7.35. The molecule has 0 rings (SSSR count). The molecule has 0 spiro atoms. The summed E-state index contributed by atoms with van der Waals surface area (Å²) >= 11 is 0. The standard InChI is InChI=1S/3F6P.In/c3*1-7(2,3,4,5)6;/q3*-1;+3. The monoisotopic (exact) mass is 550 g/mol. The van der Waals surface area contributed by atoms with Gasteiger partial charge in [-0.15, -0.1) is 0 Å². The van der Waals surface area contributed by atoms with Crippen LogP contribution in [0.1, 0.15) is 0 Å². The Morgan fingerprint density at radius 1 is 0.227 bits per heavy atom. The van der Waals surface area contributed by atoms with Gasteiger partial charge in [-0.1, -0.05) is 0 Å². The van der Waals surface area contributed by atoms with E-state index in [1.165, 1.54) is 0 Å². The van der Waals surface area contributed by atoms with Crippen molar-refractivity contribution in [3.8, 4) is 0 Å². The average Bonchev–Trinajstić information content (AvgIpc) is 1.19. The summed E-state index contributed by atoms with van der Waals surface area (Å²) in [7, 11) is -32.0. The summed E-state index contributed by atoms with van der Waals surface area (Å²) in [6, 6.07) is 0. The van der Waals surface area contributed by atoms with Crippen LogP contribution in [0.4, 0.5) is 75.5 Å². The maximum Gasteiger partial charge on any atom is 3.00 e. The van der Waals surface area contributed by atoms with E-state index in [0.29, 0.717) is 0 Å². The summed E-state index contributed by atoms with van der Waals surface area (Å²) in [6.45, 7) is 0. The zero-order chi connectivity index (χ0) is 19.2. The second-order valence-electron chi connectivity index (χ2n) is 2.87. The summed E-state index contributed by atoms with van der Waals surface area (Å²) in [5, 5.41) is 0.